The summed E-state index contributed by atoms with van der Waals surface area (Å²) in [5, 5.41) is 0. The van der Waals surface area contributed by atoms with Gasteiger partial charge in [-0.2, -0.15) is 0 Å². The van der Waals surface area contributed by atoms with Crippen molar-refractivity contribution < 1.29 is 9.53 Å². The minimum atomic E-state index is -0.0894. The third-order valence-corrected chi connectivity index (χ3v) is 2.50. The topological polar surface area (TPSA) is 29.3 Å². The molecule has 0 bridgehead atoms. The zero-order valence-corrected chi connectivity index (χ0v) is 8.85. The zero-order valence-electron chi connectivity index (χ0n) is 8.85. The molecule has 80 valence electrons. The molecule has 0 aliphatic carbocycles. The van der Waals surface area contributed by atoms with E-state index >= 15 is 0 Å². The van der Waals surface area contributed by atoms with Crippen LogP contribution in [-0.4, -0.2) is 30.1 Å². The summed E-state index contributed by atoms with van der Waals surface area (Å²) >= 11 is 0. The van der Waals surface area contributed by atoms with Crippen LogP contribution in [0.3, 0.4) is 0 Å². The second-order valence-electron chi connectivity index (χ2n) is 3.68. The van der Waals surface area contributed by atoms with Gasteiger partial charge in [-0.3, -0.25) is 9.69 Å². The maximum atomic E-state index is 11.3. The number of rotatable bonds is 4. The SMILES string of the molecule is CCOC(=O)[C@H]1CN1Cc1ccccc1. The van der Waals surface area contributed by atoms with Crippen LogP contribution in [0, 0.1) is 0 Å². The molecule has 1 unspecified atom stereocenters. The van der Waals surface area contributed by atoms with Crippen molar-refractivity contribution >= 4 is 5.97 Å². The van der Waals surface area contributed by atoms with Gasteiger partial charge in [-0.15, -0.1) is 0 Å². The number of hydrogen-bond donors (Lipinski definition) is 0. The second-order valence-corrected chi connectivity index (χ2v) is 3.68. The first kappa shape index (κ1) is 10.2. The minimum Gasteiger partial charge on any atom is -0.465 e. The van der Waals surface area contributed by atoms with Gasteiger partial charge in [-0.05, 0) is 12.5 Å². The van der Waals surface area contributed by atoms with E-state index in [9.17, 15) is 4.79 Å². The van der Waals surface area contributed by atoms with Gasteiger partial charge in [0.1, 0.15) is 6.04 Å². The molecule has 1 aliphatic rings. The number of hydrogen-bond acceptors (Lipinski definition) is 3. The number of esters is 1. The van der Waals surface area contributed by atoms with Crippen LogP contribution in [-0.2, 0) is 16.1 Å². The van der Waals surface area contributed by atoms with Crippen molar-refractivity contribution in [1.29, 1.82) is 0 Å². The smallest absolute Gasteiger partial charge is 0.324 e. The minimum absolute atomic E-state index is 0.00911. The summed E-state index contributed by atoms with van der Waals surface area (Å²) in [7, 11) is 0. The van der Waals surface area contributed by atoms with E-state index < -0.39 is 0 Å². The van der Waals surface area contributed by atoms with Crippen LogP contribution in [0.4, 0.5) is 0 Å². The Bertz CT molecular complexity index is 337. The number of carbonyl (C=O) groups is 1. The first-order chi connectivity index (χ1) is 7.31. The van der Waals surface area contributed by atoms with Gasteiger partial charge in [-0.1, -0.05) is 30.3 Å². The van der Waals surface area contributed by atoms with Crippen molar-refractivity contribution in [2.75, 3.05) is 13.2 Å². The lowest BCUT2D eigenvalue weighted by atomic mass is 10.2. The quantitative estimate of drug-likeness (QED) is 0.550. The molecule has 1 aliphatic heterocycles. The maximum absolute atomic E-state index is 11.3. The van der Waals surface area contributed by atoms with Gasteiger partial charge in [0.15, 0.2) is 0 Å². The van der Waals surface area contributed by atoms with E-state index in [1.54, 1.807) is 0 Å². The summed E-state index contributed by atoms with van der Waals surface area (Å²) in [4.78, 5) is 13.4. The molecule has 1 heterocycles. The van der Waals surface area contributed by atoms with Gasteiger partial charge < -0.3 is 4.74 Å². The van der Waals surface area contributed by atoms with Crippen LogP contribution in [0.1, 0.15) is 12.5 Å². The first-order valence-corrected chi connectivity index (χ1v) is 5.26. The molecule has 1 aromatic carbocycles. The maximum Gasteiger partial charge on any atom is 0.324 e. The van der Waals surface area contributed by atoms with E-state index in [0.29, 0.717) is 6.61 Å². The molecule has 1 aromatic rings. The van der Waals surface area contributed by atoms with Gasteiger partial charge in [0.2, 0.25) is 0 Å². The Morgan fingerprint density at radius 2 is 2.20 bits per heavy atom. The van der Waals surface area contributed by atoms with Crippen molar-refractivity contribution in [1.82, 2.24) is 4.90 Å². The van der Waals surface area contributed by atoms with E-state index in [4.69, 9.17) is 4.74 Å². The van der Waals surface area contributed by atoms with E-state index in [2.05, 4.69) is 17.0 Å². The molecule has 3 nitrogen and oxygen atoms in total. The summed E-state index contributed by atoms with van der Waals surface area (Å²) in [6.07, 6.45) is 0. The molecule has 0 N–H and O–H groups in total. The van der Waals surface area contributed by atoms with Gasteiger partial charge in [-0.25, -0.2) is 0 Å². The number of nitrogens with zero attached hydrogens (tertiary/aromatic N) is 1. The standard InChI is InChI=1S/C12H15NO2/c1-2-15-12(14)11-9-13(11)8-10-6-4-3-5-7-10/h3-7,11H,2,8-9H2,1H3/t11-,13?/m1/s1. The summed E-state index contributed by atoms with van der Waals surface area (Å²) in [6, 6.07) is 10.1. The molecule has 0 spiro atoms. The lowest BCUT2D eigenvalue weighted by Crippen LogP contribution is -2.16. The normalized spacial score (nSPS) is 23.5. The van der Waals surface area contributed by atoms with Crippen molar-refractivity contribution in [3.8, 4) is 0 Å². The Kier molecular flexibility index (Phi) is 3.02. The largest absolute Gasteiger partial charge is 0.465 e. The number of ether oxygens (including phenoxy) is 1. The molecule has 0 saturated carbocycles. The van der Waals surface area contributed by atoms with E-state index in [0.717, 1.165) is 13.1 Å². The Morgan fingerprint density at radius 3 is 2.87 bits per heavy atom. The molecule has 3 heteroatoms. The molecule has 0 radical (unpaired) electrons. The monoisotopic (exact) mass is 205 g/mol. The van der Waals surface area contributed by atoms with Crippen LogP contribution in [0.25, 0.3) is 0 Å². The highest BCUT2D eigenvalue weighted by molar-refractivity contribution is 5.79. The summed E-state index contributed by atoms with van der Waals surface area (Å²) < 4.78 is 4.95. The van der Waals surface area contributed by atoms with E-state index in [1.807, 2.05) is 25.1 Å². The Hall–Kier alpha value is -1.35. The summed E-state index contributed by atoms with van der Waals surface area (Å²) in [5.74, 6) is -0.0894. The molecule has 15 heavy (non-hydrogen) atoms. The average molecular weight is 205 g/mol. The molecule has 1 saturated heterocycles. The predicted octanol–water partition coefficient (Wildman–Crippen LogP) is 1.43. The fourth-order valence-corrected chi connectivity index (χ4v) is 1.63. The lowest BCUT2D eigenvalue weighted by molar-refractivity contribution is -0.143. The van der Waals surface area contributed by atoms with Crippen LogP contribution in [0.15, 0.2) is 30.3 Å². The summed E-state index contributed by atoms with van der Waals surface area (Å²) in [6.45, 7) is 3.97. The Morgan fingerprint density at radius 1 is 1.47 bits per heavy atom. The van der Waals surface area contributed by atoms with Crippen molar-refractivity contribution in [2.24, 2.45) is 0 Å². The third kappa shape index (κ3) is 2.57. The molecular formula is C12H15NO2. The van der Waals surface area contributed by atoms with Gasteiger partial charge in [0, 0.05) is 13.1 Å². The average Bonchev–Trinajstić information content (AvgIpc) is 2.99. The number of carbonyl (C=O) groups excluding carboxylic acids is 1. The van der Waals surface area contributed by atoms with E-state index in [-0.39, 0.29) is 12.0 Å². The van der Waals surface area contributed by atoms with Crippen molar-refractivity contribution in [2.45, 2.75) is 19.5 Å². The molecule has 1 fully saturated rings. The summed E-state index contributed by atoms with van der Waals surface area (Å²) in [5.41, 5.74) is 1.24. The highest BCUT2D eigenvalue weighted by Gasteiger charge is 2.41. The highest BCUT2D eigenvalue weighted by Crippen LogP contribution is 2.21. The lowest BCUT2D eigenvalue weighted by Gasteiger charge is -2.03. The fourth-order valence-electron chi connectivity index (χ4n) is 1.63. The van der Waals surface area contributed by atoms with Gasteiger partial charge >= 0.3 is 5.97 Å². The first-order valence-electron chi connectivity index (χ1n) is 5.26. The fraction of sp³-hybridized carbons (Fsp3) is 0.417. The predicted molar refractivity (Wildman–Crippen MR) is 57.3 cm³/mol. The molecular weight excluding hydrogens is 190 g/mol. The molecule has 2 atom stereocenters. The van der Waals surface area contributed by atoms with Gasteiger partial charge in [0.05, 0.1) is 6.61 Å². The highest BCUT2D eigenvalue weighted by atomic mass is 16.5. The van der Waals surface area contributed by atoms with Crippen molar-refractivity contribution in [3.63, 3.8) is 0 Å². The van der Waals surface area contributed by atoms with Crippen LogP contribution in [0.5, 0.6) is 0 Å². The molecule has 2 rings (SSSR count). The van der Waals surface area contributed by atoms with Gasteiger partial charge in [0.25, 0.3) is 0 Å². The Labute approximate surface area is 89.7 Å². The van der Waals surface area contributed by atoms with Crippen LogP contribution < -0.4 is 0 Å². The van der Waals surface area contributed by atoms with Crippen LogP contribution in [0.2, 0.25) is 0 Å². The Balaban J connectivity index is 1.83. The van der Waals surface area contributed by atoms with E-state index in [1.165, 1.54) is 5.56 Å². The zero-order chi connectivity index (χ0) is 10.7. The van der Waals surface area contributed by atoms with Crippen LogP contribution >= 0.6 is 0 Å². The molecule has 0 amide bonds. The number of benzene rings is 1. The third-order valence-electron chi connectivity index (χ3n) is 2.50. The second kappa shape index (κ2) is 4.45. The molecule has 0 aromatic heterocycles. The van der Waals surface area contributed by atoms with Crippen molar-refractivity contribution in [3.05, 3.63) is 35.9 Å².